The number of halogens is 4. The van der Waals surface area contributed by atoms with Gasteiger partial charge in [-0.05, 0) is 17.8 Å². The van der Waals surface area contributed by atoms with E-state index in [1.807, 2.05) is 6.07 Å². The van der Waals surface area contributed by atoms with Crippen molar-refractivity contribution in [3.63, 3.8) is 0 Å². The second-order valence-electron chi connectivity index (χ2n) is 2.97. The van der Waals surface area contributed by atoms with Crippen molar-refractivity contribution >= 4 is 24.2 Å². The molecular formula is C9H10ClF3N3OS+. The van der Waals surface area contributed by atoms with Gasteiger partial charge in [-0.2, -0.15) is 18.4 Å². The minimum absolute atomic E-state index is 0. The Morgan fingerprint density at radius 2 is 2.11 bits per heavy atom. The van der Waals surface area contributed by atoms with Crippen molar-refractivity contribution in [1.82, 2.24) is 5.32 Å². The smallest absolute Gasteiger partial charge is 0.295 e. The first-order valence-corrected chi connectivity index (χ1v) is 5.46. The van der Waals surface area contributed by atoms with Crippen LogP contribution in [0, 0.1) is 11.3 Å². The summed E-state index contributed by atoms with van der Waals surface area (Å²) in [6, 6.07) is 3.91. The SMILES string of the molecule is Cl.N#CCNCSc1ccc(C(F)(F)F)c[n+]1O. The lowest BCUT2D eigenvalue weighted by molar-refractivity contribution is -0.932. The summed E-state index contributed by atoms with van der Waals surface area (Å²) in [5, 5.41) is 20.5. The van der Waals surface area contributed by atoms with Crippen molar-refractivity contribution in [2.45, 2.75) is 11.2 Å². The van der Waals surface area contributed by atoms with Crippen LogP contribution in [0.5, 0.6) is 0 Å². The quantitative estimate of drug-likeness (QED) is 0.222. The molecule has 2 N–H and O–H groups in total. The van der Waals surface area contributed by atoms with Crippen LogP contribution in [-0.4, -0.2) is 17.6 Å². The van der Waals surface area contributed by atoms with Crippen LogP contribution in [-0.2, 0) is 6.18 Å². The molecule has 0 aromatic carbocycles. The van der Waals surface area contributed by atoms with Crippen LogP contribution in [0.25, 0.3) is 0 Å². The summed E-state index contributed by atoms with van der Waals surface area (Å²) in [5.74, 6) is 0.319. The van der Waals surface area contributed by atoms with Crippen LogP contribution in [0.2, 0.25) is 0 Å². The summed E-state index contributed by atoms with van der Waals surface area (Å²) in [4.78, 5) is 0. The molecule has 0 atom stereocenters. The molecule has 0 spiro atoms. The molecule has 4 nitrogen and oxygen atoms in total. The lowest BCUT2D eigenvalue weighted by Crippen LogP contribution is -2.34. The van der Waals surface area contributed by atoms with Gasteiger partial charge in [0.25, 0.3) is 5.03 Å². The molecule has 9 heteroatoms. The van der Waals surface area contributed by atoms with Crippen LogP contribution < -0.4 is 10.0 Å². The summed E-state index contributed by atoms with van der Waals surface area (Å²) in [5.41, 5.74) is -0.922. The number of hydrogen-bond acceptors (Lipinski definition) is 4. The Morgan fingerprint density at radius 1 is 1.44 bits per heavy atom. The third kappa shape index (κ3) is 5.00. The van der Waals surface area contributed by atoms with Crippen LogP contribution in [0.15, 0.2) is 23.4 Å². The molecule has 0 aliphatic rings. The average Bonchev–Trinajstić information content (AvgIpc) is 2.24. The largest absolute Gasteiger partial charge is 0.422 e. The molecule has 0 aliphatic carbocycles. The van der Waals surface area contributed by atoms with E-state index in [4.69, 9.17) is 5.26 Å². The summed E-state index contributed by atoms with van der Waals surface area (Å²) < 4.78 is 37.2. The van der Waals surface area contributed by atoms with Crippen LogP contribution in [0.1, 0.15) is 5.56 Å². The van der Waals surface area contributed by atoms with Crippen molar-refractivity contribution in [2.24, 2.45) is 0 Å². The Kier molecular flexibility index (Phi) is 6.83. The zero-order valence-corrected chi connectivity index (χ0v) is 10.6. The number of nitriles is 1. The zero-order valence-electron chi connectivity index (χ0n) is 8.94. The van der Waals surface area contributed by atoms with Crippen LogP contribution in [0.4, 0.5) is 13.2 Å². The van der Waals surface area contributed by atoms with E-state index in [1.54, 1.807) is 0 Å². The number of hydrogen-bond donors (Lipinski definition) is 2. The Bertz CT molecular complexity index is 436. The van der Waals surface area contributed by atoms with E-state index < -0.39 is 11.7 Å². The van der Waals surface area contributed by atoms with Gasteiger partial charge in [-0.1, -0.05) is 0 Å². The molecule has 1 rings (SSSR count). The van der Waals surface area contributed by atoms with E-state index in [1.165, 1.54) is 6.07 Å². The van der Waals surface area contributed by atoms with E-state index in [0.717, 1.165) is 17.8 Å². The van der Waals surface area contributed by atoms with Crippen LogP contribution in [0.3, 0.4) is 0 Å². The molecule has 1 aromatic rings. The fourth-order valence-corrected chi connectivity index (χ4v) is 1.69. The maximum atomic E-state index is 12.3. The fourth-order valence-electron chi connectivity index (χ4n) is 0.990. The van der Waals surface area contributed by atoms with Gasteiger partial charge >= 0.3 is 6.18 Å². The second kappa shape index (κ2) is 7.31. The minimum Gasteiger partial charge on any atom is -0.295 e. The first kappa shape index (κ1) is 16.8. The monoisotopic (exact) mass is 300 g/mol. The number of pyridine rings is 1. The number of rotatable bonds is 4. The van der Waals surface area contributed by atoms with Gasteiger partial charge in [0.15, 0.2) is 0 Å². The number of thioether (sulfide) groups is 1. The normalized spacial score (nSPS) is 10.6. The predicted octanol–water partition coefficient (Wildman–Crippen LogP) is 1.81. The molecule has 1 aromatic heterocycles. The van der Waals surface area contributed by atoms with Gasteiger partial charge in [-0.3, -0.25) is 10.5 Å². The second-order valence-corrected chi connectivity index (χ2v) is 3.97. The van der Waals surface area contributed by atoms with Gasteiger partial charge in [-0.15, -0.1) is 12.4 Å². The van der Waals surface area contributed by atoms with E-state index in [2.05, 4.69) is 5.32 Å². The molecule has 1 heterocycles. The maximum absolute atomic E-state index is 12.3. The maximum Gasteiger partial charge on any atom is 0.422 e. The third-order valence-corrected chi connectivity index (χ3v) is 2.71. The molecule has 0 saturated carbocycles. The molecule has 0 radical (unpaired) electrons. The van der Waals surface area contributed by atoms with Gasteiger partial charge in [0.1, 0.15) is 5.56 Å². The summed E-state index contributed by atoms with van der Waals surface area (Å²) in [7, 11) is 0. The molecule has 100 valence electrons. The van der Waals surface area contributed by atoms with Crippen molar-refractivity contribution in [3.8, 4) is 6.07 Å². The summed E-state index contributed by atoms with van der Waals surface area (Å²) >= 11 is 1.09. The van der Waals surface area contributed by atoms with Crippen LogP contribution >= 0.6 is 24.2 Å². The van der Waals surface area contributed by atoms with E-state index >= 15 is 0 Å². The van der Waals surface area contributed by atoms with Crippen molar-refractivity contribution in [2.75, 3.05) is 12.4 Å². The Morgan fingerprint density at radius 3 is 2.61 bits per heavy atom. The molecule has 18 heavy (non-hydrogen) atoms. The number of nitrogens with one attached hydrogen (secondary N) is 1. The van der Waals surface area contributed by atoms with Gasteiger partial charge in [0, 0.05) is 10.8 Å². The average molecular weight is 301 g/mol. The highest BCUT2D eigenvalue weighted by Crippen LogP contribution is 2.28. The molecular weight excluding hydrogens is 291 g/mol. The number of alkyl halides is 3. The van der Waals surface area contributed by atoms with E-state index in [0.29, 0.717) is 16.8 Å². The number of aromatic nitrogens is 1. The first-order chi connectivity index (χ1) is 7.95. The summed E-state index contributed by atoms with van der Waals surface area (Å²) in [6.07, 6.45) is -3.88. The lowest BCUT2D eigenvalue weighted by atomic mass is 10.3. The molecule has 0 amide bonds. The first-order valence-electron chi connectivity index (χ1n) is 4.48. The molecule has 0 fully saturated rings. The predicted molar refractivity (Wildman–Crippen MR) is 60.4 cm³/mol. The zero-order chi connectivity index (χ0) is 12.9. The highest BCUT2D eigenvalue weighted by atomic mass is 35.5. The molecule has 0 unspecified atom stereocenters. The third-order valence-electron chi connectivity index (χ3n) is 1.75. The van der Waals surface area contributed by atoms with Gasteiger partial charge in [0.2, 0.25) is 6.20 Å². The topological polar surface area (TPSA) is 59.9 Å². The van der Waals surface area contributed by atoms with Gasteiger partial charge in [-0.25, -0.2) is 0 Å². The Hall–Kier alpha value is -1.17. The minimum atomic E-state index is -4.48. The van der Waals surface area contributed by atoms with Crippen molar-refractivity contribution in [3.05, 3.63) is 23.9 Å². The van der Waals surface area contributed by atoms with Crippen molar-refractivity contribution < 1.29 is 23.1 Å². The van der Waals surface area contributed by atoms with Gasteiger partial charge < -0.3 is 0 Å². The molecule has 0 aliphatic heterocycles. The lowest BCUT2D eigenvalue weighted by Gasteiger charge is -2.04. The highest BCUT2D eigenvalue weighted by molar-refractivity contribution is 7.99. The Balaban J connectivity index is 0.00000289. The summed E-state index contributed by atoms with van der Waals surface area (Å²) in [6.45, 7) is 0.138. The van der Waals surface area contributed by atoms with E-state index in [-0.39, 0.29) is 24.0 Å². The standard InChI is InChI=1S/C9H9F3N3OS.ClH/c10-9(11,12)7-1-2-8(15(16)5-7)17-6-14-4-3-13;/h1-2,5,14,16H,4,6H2;1H/q+1;. The Labute approximate surface area is 112 Å². The highest BCUT2D eigenvalue weighted by Gasteiger charge is 2.34. The fraction of sp³-hybridized carbons (Fsp3) is 0.333. The van der Waals surface area contributed by atoms with Gasteiger partial charge in [0.05, 0.1) is 18.5 Å². The van der Waals surface area contributed by atoms with Crippen molar-refractivity contribution in [1.29, 1.82) is 5.26 Å². The molecule has 0 saturated heterocycles. The number of nitrogens with zero attached hydrogens (tertiary/aromatic N) is 2. The van der Waals surface area contributed by atoms with E-state index in [9.17, 15) is 18.4 Å². The molecule has 0 bridgehead atoms.